The molecule has 1 aliphatic carbocycles. The van der Waals surface area contributed by atoms with E-state index in [1.807, 2.05) is 6.92 Å². The lowest BCUT2D eigenvalue weighted by Gasteiger charge is -2.28. The molecule has 0 saturated heterocycles. The van der Waals surface area contributed by atoms with E-state index in [0.717, 1.165) is 31.7 Å². The van der Waals surface area contributed by atoms with Crippen LogP contribution in [0.4, 0.5) is 0 Å². The summed E-state index contributed by atoms with van der Waals surface area (Å²) in [5.74, 6) is 0.977. The van der Waals surface area contributed by atoms with Crippen molar-refractivity contribution < 1.29 is 9.53 Å². The fraction of sp³-hybridized carbons (Fsp3) is 0.944. The number of ether oxygens (including phenoxy) is 1. The Balaban J connectivity index is 2.05. The van der Waals surface area contributed by atoms with Crippen molar-refractivity contribution in [3.63, 3.8) is 0 Å². The van der Waals surface area contributed by atoms with Crippen LogP contribution in [-0.4, -0.2) is 25.2 Å². The van der Waals surface area contributed by atoms with Gasteiger partial charge < -0.3 is 10.1 Å². The van der Waals surface area contributed by atoms with E-state index in [1.165, 1.54) is 38.5 Å². The first-order valence-electron chi connectivity index (χ1n) is 9.03. The second-order valence-electron chi connectivity index (χ2n) is 6.86. The number of hydrogen-bond donors (Lipinski definition) is 1. The third kappa shape index (κ3) is 8.45. The first-order valence-corrected chi connectivity index (χ1v) is 9.03. The molecule has 1 saturated carbocycles. The van der Waals surface area contributed by atoms with Crippen LogP contribution in [0.2, 0.25) is 0 Å². The van der Waals surface area contributed by atoms with E-state index >= 15 is 0 Å². The van der Waals surface area contributed by atoms with E-state index in [0.29, 0.717) is 12.6 Å². The minimum Gasteiger partial charge on any atom is -0.466 e. The van der Waals surface area contributed by atoms with Gasteiger partial charge in [-0.2, -0.15) is 0 Å². The molecule has 0 aliphatic heterocycles. The van der Waals surface area contributed by atoms with Gasteiger partial charge in [-0.15, -0.1) is 0 Å². The first kappa shape index (κ1) is 18.5. The SMILES string of the molecule is CCOC(=O)C1CCCC(NCCCCCCC(C)C)C1. The molecule has 0 aromatic heterocycles. The number of hydrogen-bond acceptors (Lipinski definition) is 3. The molecular formula is C18H35NO2. The third-order valence-electron chi connectivity index (χ3n) is 4.44. The number of unbranched alkanes of at least 4 members (excludes halogenated alkanes) is 3. The monoisotopic (exact) mass is 297 g/mol. The summed E-state index contributed by atoms with van der Waals surface area (Å²) < 4.78 is 5.15. The Bertz CT molecular complexity index is 278. The summed E-state index contributed by atoms with van der Waals surface area (Å²) in [4.78, 5) is 11.8. The lowest BCUT2D eigenvalue weighted by atomic mass is 9.85. The Kier molecular flexibility index (Phi) is 9.73. The van der Waals surface area contributed by atoms with Gasteiger partial charge in [-0.25, -0.2) is 0 Å². The van der Waals surface area contributed by atoms with Crippen molar-refractivity contribution in [1.82, 2.24) is 5.32 Å². The normalized spacial score (nSPS) is 22.5. The van der Waals surface area contributed by atoms with Crippen molar-refractivity contribution in [2.75, 3.05) is 13.2 Å². The highest BCUT2D eigenvalue weighted by Gasteiger charge is 2.27. The molecule has 124 valence electrons. The van der Waals surface area contributed by atoms with Gasteiger partial charge in [-0.1, -0.05) is 46.0 Å². The average Bonchev–Trinajstić information content (AvgIpc) is 2.46. The maximum atomic E-state index is 11.8. The molecule has 1 aliphatic rings. The summed E-state index contributed by atoms with van der Waals surface area (Å²) in [5, 5.41) is 3.64. The van der Waals surface area contributed by atoms with Crippen LogP contribution in [0.1, 0.15) is 78.6 Å². The van der Waals surface area contributed by atoms with E-state index in [-0.39, 0.29) is 11.9 Å². The van der Waals surface area contributed by atoms with E-state index in [1.54, 1.807) is 0 Å². The van der Waals surface area contributed by atoms with Gasteiger partial charge in [0.1, 0.15) is 0 Å². The van der Waals surface area contributed by atoms with Crippen molar-refractivity contribution in [3.8, 4) is 0 Å². The summed E-state index contributed by atoms with van der Waals surface area (Å²) in [6, 6.07) is 0.517. The lowest BCUT2D eigenvalue weighted by molar-refractivity contribution is -0.149. The minimum absolute atomic E-state index is 0.0117. The van der Waals surface area contributed by atoms with Crippen molar-refractivity contribution in [1.29, 1.82) is 0 Å². The van der Waals surface area contributed by atoms with Gasteiger partial charge in [0.15, 0.2) is 0 Å². The van der Waals surface area contributed by atoms with E-state index in [9.17, 15) is 4.79 Å². The Labute approximate surface area is 131 Å². The van der Waals surface area contributed by atoms with Crippen LogP contribution in [0.5, 0.6) is 0 Å². The predicted octanol–water partition coefficient (Wildman–Crippen LogP) is 4.30. The highest BCUT2D eigenvalue weighted by Crippen LogP contribution is 2.25. The van der Waals surface area contributed by atoms with Crippen molar-refractivity contribution >= 4 is 5.97 Å². The summed E-state index contributed by atoms with van der Waals surface area (Å²) in [5.41, 5.74) is 0. The van der Waals surface area contributed by atoms with Crippen LogP contribution in [0, 0.1) is 11.8 Å². The maximum absolute atomic E-state index is 11.8. The summed E-state index contributed by atoms with van der Waals surface area (Å²) >= 11 is 0. The van der Waals surface area contributed by atoms with Gasteiger partial charge in [0, 0.05) is 6.04 Å². The molecule has 1 rings (SSSR count). The number of esters is 1. The fourth-order valence-electron chi connectivity index (χ4n) is 3.19. The van der Waals surface area contributed by atoms with Crippen molar-refractivity contribution in [2.24, 2.45) is 11.8 Å². The third-order valence-corrected chi connectivity index (χ3v) is 4.44. The van der Waals surface area contributed by atoms with E-state index in [4.69, 9.17) is 4.74 Å². The molecule has 0 amide bonds. The van der Waals surface area contributed by atoms with Gasteiger partial charge in [-0.05, 0) is 45.1 Å². The molecule has 1 fully saturated rings. The van der Waals surface area contributed by atoms with Gasteiger partial charge in [0.25, 0.3) is 0 Å². The number of rotatable bonds is 10. The molecule has 3 nitrogen and oxygen atoms in total. The molecule has 2 atom stereocenters. The molecular weight excluding hydrogens is 262 g/mol. The zero-order valence-electron chi connectivity index (χ0n) is 14.3. The number of nitrogens with one attached hydrogen (secondary N) is 1. The van der Waals surface area contributed by atoms with Crippen LogP contribution in [-0.2, 0) is 9.53 Å². The minimum atomic E-state index is 0.0117. The molecule has 0 aromatic rings. The van der Waals surface area contributed by atoms with Crippen LogP contribution < -0.4 is 5.32 Å². The van der Waals surface area contributed by atoms with E-state index < -0.39 is 0 Å². The molecule has 0 heterocycles. The Morgan fingerprint density at radius 3 is 2.67 bits per heavy atom. The van der Waals surface area contributed by atoms with Crippen molar-refractivity contribution in [3.05, 3.63) is 0 Å². The molecule has 0 radical (unpaired) electrons. The fourth-order valence-corrected chi connectivity index (χ4v) is 3.19. The standard InChI is InChI=1S/C18H35NO2/c1-4-21-18(20)16-11-9-12-17(14-16)19-13-8-6-5-7-10-15(2)3/h15-17,19H,4-14H2,1-3H3. The Morgan fingerprint density at radius 2 is 1.95 bits per heavy atom. The summed E-state index contributed by atoms with van der Waals surface area (Å²) in [6.07, 6.45) is 11.0. The zero-order chi connectivity index (χ0) is 15.5. The topological polar surface area (TPSA) is 38.3 Å². The van der Waals surface area contributed by atoms with Crippen LogP contribution >= 0.6 is 0 Å². The van der Waals surface area contributed by atoms with Crippen LogP contribution in [0.15, 0.2) is 0 Å². The summed E-state index contributed by atoms with van der Waals surface area (Å²) in [7, 11) is 0. The first-order chi connectivity index (χ1) is 10.1. The Morgan fingerprint density at radius 1 is 1.19 bits per heavy atom. The van der Waals surface area contributed by atoms with Crippen LogP contribution in [0.3, 0.4) is 0 Å². The lowest BCUT2D eigenvalue weighted by Crippen LogP contribution is -2.37. The molecule has 21 heavy (non-hydrogen) atoms. The molecule has 0 aromatic carbocycles. The zero-order valence-corrected chi connectivity index (χ0v) is 14.3. The Hall–Kier alpha value is -0.570. The van der Waals surface area contributed by atoms with Gasteiger partial charge in [-0.3, -0.25) is 4.79 Å². The van der Waals surface area contributed by atoms with Gasteiger partial charge in [0.2, 0.25) is 0 Å². The quantitative estimate of drug-likeness (QED) is 0.482. The summed E-state index contributed by atoms with van der Waals surface area (Å²) in [6.45, 7) is 8.08. The predicted molar refractivity (Wildman–Crippen MR) is 88.3 cm³/mol. The van der Waals surface area contributed by atoms with Crippen LogP contribution in [0.25, 0.3) is 0 Å². The largest absolute Gasteiger partial charge is 0.466 e. The average molecular weight is 297 g/mol. The highest BCUT2D eigenvalue weighted by atomic mass is 16.5. The van der Waals surface area contributed by atoms with Gasteiger partial charge in [0.05, 0.1) is 12.5 Å². The highest BCUT2D eigenvalue weighted by molar-refractivity contribution is 5.72. The molecule has 1 N–H and O–H groups in total. The molecule has 0 spiro atoms. The van der Waals surface area contributed by atoms with E-state index in [2.05, 4.69) is 19.2 Å². The molecule has 2 unspecified atom stereocenters. The second kappa shape index (κ2) is 11.1. The molecule has 3 heteroatoms. The van der Waals surface area contributed by atoms with Crippen molar-refractivity contribution in [2.45, 2.75) is 84.6 Å². The number of carbonyl (C=O) groups is 1. The smallest absolute Gasteiger partial charge is 0.308 e. The van der Waals surface area contributed by atoms with Gasteiger partial charge >= 0.3 is 5.97 Å². The number of carbonyl (C=O) groups excluding carboxylic acids is 1. The maximum Gasteiger partial charge on any atom is 0.308 e. The second-order valence-corrected chi connectivity index (χ2v) is 6.86. The molecule has 0 bridgehead atoms.